The summed E-state index contributed by atoms with van der Waals surface area (Å²) in [6, 6.07) is 7.48. The molecule has 3 heteroatoms. The molecule has 0 spiro atoms. The molecule has 1 unspecified atom stereocenters. The molecule has 1 fully saturated rings. The van der Waals surface area contributed by atoms with E-state index in [9.17, 15) is 9.59 Å². The fraction of sp³-hybridized carbons (Fsp3) is 0.333. The maximum Gasteiger partial charge on any atom is 0.230 e. The molecule has 0 aromatic heterocycles. The largest absolute Gasteiger partial charge is 0.331 e. The van der Waals surface area contributed by atoms with Crippen LogP contribution in [0.4, 0.5) is 0 Å². The van der Waals surface area contributed by atoms with Crippen molar-refractivity contribution < 1.29 is 9.59 Å². The molecule has 21 heavy (non-hydrogen) atoms. The first-order valence-electron chi connectivity index (χ1n) is 7.08. The lowest BCUT2D eigenvalue weighted by atomic mass is 9.71. The van der Waals surface area contributed by atoms with Gasteiger partial charge in [-0.05, 0) is 11.1 Å². The van der Waals surface area contributed by atoms with Gasteiger partial charge in [0.05, 0.1) is 12.5 Å². The third-order valence-electron chi connectivity index (χ3n) is 4.18. The average Bonchev–Trinajstić information content (AvgIpc) is 2.45. The van der Waals surface area contributed by atoms with Crippen LogP contribution < -0.4 is 0 Å². The zero-order valence-electron chi connectivity index (χ0n) is 12.6. The summed E-state index contributed by atoms with van der Waals surface area (Å²) in [6.07, 6.45) is 3.43. The maximum atomic E-state index is 12.4. The molecule has 0 aliphatic carbocycles. The van der Waals surface area contributed by atoms with Gasteiger partial charge in [-0.3, -0.25) is 9.59 Å². The average molecular weight is 283 g/mol. The molecule has 1 aliphatic rings. The highest BCUT2D eigenvalue weighted by Gasteiger charge is 2.47. The van der Waals surface area contributed by atoms with Gasteiger partial charge in [-0.2, -0.15) is 0 Å². The van der Waals surface area contributed by atoms with Gasteiger partial charge < -0.3 is 4.90 Å². The standard InChI is InChI=1S/C18H21NO2/c1-5-11-19-16(21)12-15(20)18(3,4)17(19)14-10-8-7-9-13(14)6-2/h5-10,17H,1-2,11-12H2,3-4H3. The number of carbonyl (C=O) groups is 2. The van der Waals surface area contributed by atoms with Crippen molar-refractivity contribution in [1.82, 2.24) is 4.90 Å². The molecule has 1 aliphatic heterocycles. The molecule has 1 saturated heterocycles. The highest BCUT2D eigenvalue weighted by atomic mass is 16.2. The Morgan fingerprint density at radius 2 is 1.95 bits per heavy atom. The molecule has 110 valence electrons. The van der Waals surface area contributed by atoms with Crippen LogP contribution in [0.15, 0.2) is 43.5 Å². The first-order chi connectivity index (χ1) is 9.93. The number of hydrogen-bond donors (Lipinski definition) is 0. The second-order valence-corrected chi connectivity index (χ2v) is 5.89. The van der Waals surface area contributed by atoms with Crippen LogP contribution in [0.25, 0.3) is 6.08 Å². The fourth-order valence-electron chi connectivity index (χ4n) is 3.00. The fourth-order valence-corrected chi connectivity index (χ4v) is 3.00. The molecule has 1 atom stereocenters. The SMILES string of the molecule is C=CCN1C(=O)CC(=O)C(C)(C)C1c1ccccc1C=C. The van der Waals surface area contributed by atoms with Crippen molar-refractivity contribution in [2.45, 2.75) is 26.3 Å². The number of amides is 1. The second-order valence-electron chi connectivity index (χ2n) is 5.89. The number of rotatable bonds is 4. The molecular weight excluding hydrogens is 262 g/mol. The van der Waals surface area contributed by atoms with Crippen LogP contribution in [0, 0.1) is 5.41 Å². The third-order valence-corrected chi connectivity index (χ3v) is 4.18. The van der Waals surface area contributed by atoms with Gasteiger partial charge in [0.2, 0.25) is 5.91 Å². The Morgan fingerprint density at radius 3 is 2.57 bits per heavy atom. The Kier molecular flexibility index (Phi) is 4.12. The molecule has 3 nitrogen and oxygen atoms in total. The quantitative estimate of drug-likeness (QED) is 0.627. The molecule has 0 radical (unpaired) electrons. The zero-order valence-corrected chi connectivity index (χ0v) is 12.6. The molecule has 1 aromatic carbocycles. The number of likely N-dealkylation sites (tertiary alicyclic amines) is 1. The maximum absolute atomic E-state index is 12.4. The van der Waals surface area contributed by atoms with Gasteiger partial charge in [-0.1, -0.05) is 56.8 Å². The summed E-state index contributed by atoms with van der Waals surface area (Å²) in [5.74, 6) is -0.153. The summed E-state index contributed by atoms with van der Waals surface area (Å²) in [5, 5.41) is 0. The van der Waals surface area contributed by atoms with Crippen LogP contribution in [0.2, 0.25) is 0 Å². The van der Waals surface area contributed by atoms with Crippen molar-refractivity contribution in [2.75, 3.05) is 6.54 Å². The van der Waals surface area contributed by atoms with Crippen LogP contribution in [-0.2, 0) is 9.59 Å². The van der Waals surface area contributed by atoms with Crippen molar-refractivity contribution in [3.8, 4) is 0 Å². The van der Waals surface area contributed by atoms with Gasteiger partial charge in [0.1, 0.15) is 5.78 Å². The smallest absolute Gasteiger partial charge is 0.230 e. The van der Waals surface area contributed by atoms with Crippen LogP contribution in [-0.4, -0.2) is 23.1 Å². The topological polar surface area (TPSA) is 37.4 Å². The van der Waals surface area contributed by atoms with E-state index in [4.69, 9.17) is 0 Å². The first-order valence-corrected chi connectivity index (χ1v) is 7.08. The predicted octanol–water partition coefficient (Wildman–Crippen LogP) is 3.38. The molecule has 2 rings (SSSR count). The van der Waals surface area contributed by atoms with E-state index >= 15 is 0 Å². The Morgan fingerprint density at radius 1 is 1.29 bits per heavy atom. The lowest BCUT2D eigenvalue weighted by Gasteiger charge is -2.45. The van der Waals surface area contributed by atoms with Gasteiger partial charge in [0.25, 0.3) is 0 Å². The lowest BCUT2D eigenvalue weighted by molar-refractivity contribution is -0.151. The van der Waals surface area contributed by atoms with E-state index < -0.39 is 5.41 Å². The van der Waals surface area contributed by atoms with Crippen molar-refractivity contribution >= 4 is 17.8 Å². The second kappa shape index (κ2) is 5.68. The minimum absolute atomic E-state index is 0.0170. The van der Waals surface area contributed by atoms with E-state index in [1.165, 1.54) is 0 Å². The van der Waals surface area contributed by atoms with E-state index in [0.717, 1.165) is 11.1 Å². The molecule has 0 N–H and O–H groups in total. The van der Waals surface area contributed by atoms with Crippen LogP contribution in [0.5, 0.6) is 0 Å². The monoisotopic (exact) mass is 283 g/mol. The Bertz CT molecular complexity index is 601. The lowest BCUT2D eigenvalue weighted by Crippen LogP contribution is -2.51. The summed E-state index contributed by atoms with van der Waals surface area (Å²) in [4.78, 5) is 26.4. The normalized spacial score (nSPS) is 21.2. The number of carbonyl (C=O) groups excluding carboxylic acids is 2. The van der Waals surface area contributed by atoms with E-state index in [0.29, 0.717) is 6.54 Å². The van der Waals surface area contributed by atoms with Crippen molar-refractivity contribution in [1.29, 1.82) is 0 Å². The Hall–Kier alpha value is -2.16. The number of hydrogen-bond acceptors (Lipinski definition) is 2. The summed E-state index contributed by atoms with van der Waals surface area (Å²) in [5.41, 5.74) is 1.28. The molecule has 1 aromatic rings. The zero-order chi connectivity index (χ0) is 15.6. The molecule has 1 heterocycles. The van der Waals surface area contributed by atoms with Gasteiger partial charge in [-0.25, -0.2) is 0 Å². The number of ketones is 1. The van der Waals surface area contributed by atoms with Crippen molar-refractivity contribution in [3.05, 3.63) is 54.6 Å². The highest BCUT2D eigenvalue weighted by Crippen LogP contribution is 2.44. The van der Waals surface area contributed by atoms with Crippen molar-refractivity contribution in [2.24, 2.45) is 5.41 Å². The molecular formula is C18H21NO2. The molecule has 0 saturated carbocycles. The van der Waals surface area contributed by atoms with Gasteiger partial charge in [-0.15, -0.1) is 6.58 Å². The van der Waals surface area contributed by atoms with Crippen LogP contribution >= 0.6 is 0 Å². The summed E-state index contributed by atoms with van der Waals surface area (Å²) < 4.78 is 0. The van der Waals surface area contributed by atoms with Gasteiger partial charge in [0, 0.05) is 12.0 Å². The number of Topliss-reactive ketones (excluding diaryl/α,β-unsaturated/α-hetero) is 1. The minimum atomic E-state index is -0.629. The number of nitrogens with zero attached hydrogens (tertiary/aromatic N) is 1. The Labute approximate surface area is 126 Å². The highest BCUT2D eigenvalue weighted by molar-refractivity contribution is 6.04. The van der Waals surface area contributed by atoms with E-state index in [2.05, 4.69) is 13.2 Å². The third kappa shape index (κ3) is 2.56. The number of benzene rings is 1. The number of piperidine rings is 1. The first kappa shape index (κ1) is 15.2. The Balaban J connectivity index is 2.61. The van der Waals surface area contributed by atoms with Crippen molar-refractivity contribution in [3.63, 3.8) is 0 Å². The van der Waals surface area contributed by atoms with Gasteiger partial charge in [0.15, 0.2) is 0 Å². The van der Waals surface area contributed by atoms with E-state index in [-0.39, 0.29) is 24.2 Å². The van der Waals surface area contributed by atoms with E-state index in [1.54, 1.807) is 17.1 Å². The van der Waals surface area contributed by atoms with E-state index in [1.807, 2.05) is 38.1 Å². The predicted molar refractivity (Wildman–Crippen MR) is 84.6 cm³/mol. The summed E-state index contributed by atoms with van der Waals surface area (Å²) in [7, 11) is 0. The summed E-state index contributed by atoms with van der Waals surface area (Å²) in [6.45, 7) is 11.8. The van der Waals surface area contributed by atoms with Gasteiger partial charge >= 0.3 is 0 Å². The molecule has 0 bridgehead atoms. The minimum Gasteiger partial charge on any atom is -0.331 e. The summed E-state index contributed by atoms with van der Waals surface area (Å²) >= 11 is 0. The molecule has 1 amide bonds. The van der Waals surface area contributed by atoms with Crippen LogP contribution in [0.3, 0.4) is 0 Å². The van der Waals surface area contributed by atoms with Crippen LogP contribution in [0.1, 0.15) is 37.4 Å².